The normalized spacial score (nSPS) is 27.2. The minimum absolute atomic E-state index is 0.671. The number of rotatable bonds is 10. The zero-order valence-electron chi connectivity index (χ0n) is 19.3. The second-order valence-electron chi connectivity index (χ2n) is 10.1. The number of hydrogen-bond donors (Lipinski definition) is 0. The van der Waals surface area contributed by atoms with Gasteiger partial charge in [-0.3, -0.25) is 0 Å². The van der Waals surface area contributed by atoms with Crippen LogP contribution in [0.3, 0.4) is 0 Å². The molecule has 0 heterocycles. The van der Waals surface area contributed by atoms with E-state index in [1.54, 1.807) is 6.08 Å². The maximum absolute atomic E-state index is 8.71. The lowest BCUT2D eigenvalue weighted by molar-refractivity contribution is 0.151. The number of aryl methyl sites for hydroxylation is 2. The Hall–Kier alpha value is -1.55. The highest BCUT2D eigenvalue weighted by Crippen LogP contribution is 2.42. The number of unbranched alkanes of at least 4 members (excludes halogenated alkanes) is 2. The van der Waals surface area contributed by atoms with Gasteiger partial charge in [0.1, 0.15) is 0 Å². The predicted molar refractivity (Wildman–Crippen MR) is 128 cm³/mol. The number of allylic oxidation sites excluding steroid dienone is 2. The van der Waals surface area contributed by atoms with E-state index in [4.69, 9.17) is 5.26 Å². The van der Waals surface area contributed by atoms with E-state index in [1.165, 1.54) is 107 Å². The Morgan fingerprint density at radius 3 is 1.93 bits per heavy atom. The van der Waals surface area contributed by atoms with Crippen molar-refractivity contribution < 1.29 is 0 Å². The van der Waals surface area contributed by atoms with E-state index in [9.17, 15) is 0 Å². The number of nitrogens with zero attached hydrogens (tertiary/aromatic N) is 1. The summed E-state index contributed by atoms with van der Waals surface area (Å²) in [6.45, 7) is 2.27. The fourth-order valence-corrected chi connectivity index (χ4v) is 5.95. The van der Waals surface area contributed by atoms with E-state index in [1.807, 2.05) is 0 Å². The fraction of sp³-hybridized carbons (Fsp3) is 0.690. The summed E-state index contributed by atoms with van der Waals surface area (Å²) in [6, 6.07) is 11.6. The summed E-state index contributed by atoms with van der Waals surface area (Å²) in [4.78, 5) is 0. The molecule has 2 aliphatic carbocycles. The molecule has 0 unspecified atom stereocenters. The lowest BCUT2D eigenvalue weighted by Gasteiger charge is -2.37. The molecule has 0 saturated heterocycles. The molecule has 0 amide bonds. The van der Waals surface area contributed by atoms with Crippen LogP contribution in [0.25, 0.3) is 0 Å². The molecule has 2 saturated carbocycles. The Balaban J connectivity index is 1.27. The van der Waals surface area contributed by atoms with Gasteiger partial charge in [0.15, 0.2) is 0 Å². The predicted octanol–water partition coefficient (Wildman–Crippen LogP) is 8.43. The molecule has 0 spiro atoms. The van der Waals surface area contributed by atoms with Crippen LogP contribution in [0.1, 0.15) is 102 Å². The van der Waals surface area contributed by atoms with Crippen molar-refractivity contribution in [2.24, 2.45) is 23.7 Å². The van der Waals surface area contributed by atoms with Crippen molar-refractivity contribution in [2.45, 2.75) is 103 Å². The summed E-state index contributed by atoms with van der Waals surface area (Å²) >= 11 is 0. The fourth-order valence-electron chi connectivity index (χ4n) is 5.95. The molecule has 2 fully saturated rings. The SMILES string of the molecule is CCCCc1ccc(CCCC[C@H]2CC[C@H](C3CCC(/C=C/C#N)CC3)CC2)cc1. The van der Waals surface area contributed by atoms with Crippen molar-refractivity contribution in [3.63, 3.8) is 0 Å². The van der Waals surface area contributed by atoms with Crippen LogP contribution in [-0.4, -0.2) is 0 Å². The molecule has 0 radical (unpaired) electrons. The van der Waals surface area contributed by atoms with Gasteiger partial charge in [0.05, 0.1) is 6.07 Å². The minimum atomic E-state index is 0.671. The smallest absolute Gasteiger partial charge is 0.0908 e. The summed E-state index contributed by atoms with van der Waals surface area (Å²) in [7, 11) is 0. The average molecular weight is 406 g/mol. The average Bonchev–Trinajstić information content (AvgIpc) is 2.81. The molecule has 0 aromatic heterocycles. The van der Waals surface area contributed by atoms with Gasteiger partial charge in [0.25, 0.3) is 0 Å². The van der Waals surface area contributed by atoms with Gasteiger partial charge in [-0.05, 0) is 99.0 Å². The highest BCUT2D eigenvalue weighted by molar-refractivity contribution is 5.22. The first-order chi connectivity index (χ1) is 14.8. The topological polar surface area (TPSA) is 23.8 Å². The van der Waals surface area contributed by atoms with Crippen molar-refractivity contribution in [3.05, 3.63) is 47.5 Å². The molecule has 30 heavy (non-hydrogen) atoms. The summed E-state index contributed by atoms with van der Waals surface area (Å²) in [5.74, 6) is 3.63. The van der Waals surface area contributed by atoms with Crippen LogP contribution in [0, 0.1) is 35.0 Å². The summed E-state index contributed by atoms with van der Waals surface area (Å²) in [5, 5.41) is 8.71. The van der Waals surface area contributed by atoms with Crippen LogP contribution in [0.2, 0.25) is 0 Å². The monoisotopic (exact) mass is 405 g/mol. The molecule has 0 atom stereocenters. The van der Waals surface area contributed by atoms with Crippen molar-refractivity contribution in [1.82, 2.24) is 0 Å². The lowest BCUT2D eigenvalue weighted by Crippen LogP contribution is -2.25. The third-order valence-electron chi connectivity index (χ3n) is 7.99. The van der Waals surface area contributed by atoms with Crippen molar-refractivity contribution >= 4 is 0 Å². The molecular formula is C29H43N. The third kappa shape index (κ3) is 7.61. The number of nitriles is 1. The Labute approximate surface area is 186 Å². The highest BCUT2D eigenvalue weighted by atomic mass is 14.4. The molecule has 1 aromatic rings. The first-order valence-corrected chi connectivity index (χ1v) is 12.9. The first kappa shape index (κ1) is 23.1. The zero-order chi connectivity index (χ0) is 21.0. The van der Waals surface area contributed by atoms with Crippen LogP contribution in [0.4, 0.5) is 0 Å². The van der Waals surface area contributed by atoms with Crippen LogP contribution in [0.5, 0.6) is 0 Å². The Bertz CT molecular complexity index is 649. The van der Waals surface area contributed by atoms with E-state index < -0.39 is 0 Å². The van der Waals surface area contributed by atoms with Crippen LogP contribution in [-0.2, 0) is 12.8 Å². The Morgan fingerprint density at radius 2 is 1.37 bits per heavy atom. The second-order valence-corrected chi connectivity index (χ2v) is 10.1. The van der Waals surface area contributed by atoms with E-state index in [0.717, 1.165) is 17.8 Å². The van der Waals surface area contributed by atoms with Crippen LogP contribution in [0.15, 0.2) is 36.4 Å². The Kier molecular flexibility index (Phi) is 10.0. The van der Waals surface area contributed by atoms with Crippen molar-refractivity contribution in [2.75, 3.05) is 0 Å². The maximum Gasteiger partial charge on any atom is 0.0908 e. The van der Waals surface area contributed by atoms with E-state index in [-0.39, 0.29) is 0 Å². The first-order valence-electron chi connectivity index (χ1n) is 12.9. The molecule has 3 rings (SSSR count). The van der Waals surface area contributed by atoms with Gasteiger partial charge in [-0.1, -0.05) is 69.4 Å². The number of hydrogen-bond acceptors (Lipinski definition) is 1. The maximum atomic E-state index is 8.71. The summed E-state index contributed by atoms with van der Waals surface area (Å²) in [6.07, 6.45) is 24.5. The molecular weight excluding hydrogens is 362 g/mol. The molecule has 1 aromatic carbocycles. The zero-order valence-corrected chi connectivity index (χ0v) is 19.3. The molecule has 1 nitrogen and oxygen atoms in total. The van der Waals surface area contributed by atoms with Crippen molar-refractivity contribution in [3.8, 4) is 6.07 Å². The van der Waals surface area contributed by atoms with Crippen LogP contribution < -0.4 is 0 Å². The van der Waals surface area contributed by atoms with E-state index >= 15 is 0 Å². The van der Waals surface area contributed by atoms with Gasteiger partial charge < -0.3 is 0 Å². The van der Waals surface area contributed by atoms with E-state index in [0.29, 0.717) is 5.92 Å². The molecule has 0 N–H and O–H groups in total. The van der Waals surface area contributed by atoms with Crippen LogP contribution >= 0.6 is 0 Å². The highest BCUT2D eigenvalue weighted by Gasteiger charge is 2.30. The number of benzene rings is 1. The molecule has 164 valence electrons. The van der Waals surface area contributed by atoms with Gasteiger partial charge >= 0.3 is 0 Å². The van der Waals surface area contributed by atoms with Crippen molar-refractivity contribution in [1.29, 1.82) is 5.26 Å². The second kappa shape index (κ2) is 13.0. The van der Waals surface area contributed by atoms with E-state index in [2.05, 4.69) is 43.3 Å². The summed E-state index contributed by atoms with van der Waals surface area (Å²) in [5.41, 5.74) is 3.03. The standard InChI is InChI=1S/C29H43N/c1-2-3-7-24-11-13-25(14-12-24)8-4-5-9-26-15-19-28(20-16-26)29-21-17-27(18-22-29)10-6-23-30/h6,10-14,26-29H,2-5,7-9,15-22H2,1H3/b10-6+/t26-,27?,28-,29?. The molecule has 0 aliphatic heterocycles. The van der Waals surface area contributed by atoms with Gasteiger partial charge in [-0.25, -0.2) is 0 Å². The quantitative estimate of drug-likeness (QED) is 0.283. The summed E-state index contributed by atoms with van der Waals surface area (Å²) < 4.78 is 0. The lowest BCUT2D eigenvalue weighted by atomic mass is 9.68. The van der Waals surface area contributed by atoms with Gasteiger partial charge in [0.2, 0.25) is 0 Å². The Morgan fingerprint density at radius 1 is 0.800 bits per heavy atom. The van der Waals surface area contributed by atoms with Gasteiger partial charge in [0, 0.05) is 6.08 Å². The molecule has 2 aliphatic rings. The largest absolute Gasteiger partial charge is 0.193 e. The molecule has 0 bridgehead atoms. The minimum Gasteiger partial charge on any atom is -0.193 e. The van der Waals surface area contributed by atoms with Gasteiger partial charge in [-0.2, -0.15) is 5.26 Å². The van der Waals surface area contributed by atoms with Gasteiger partial charge in [-0.15, -0.1) is 0 Å². The molecule has 1 heteroatoms. The third-order valence-corrected chi connectivity index (χ3v) is 7.99.